The number of benzene rings is 8. The van der Waals surface area contributed by atoms with Crippen molar-refractivity contribution in [3.63, 3.8) is 0 Å². The summed E-state index contributed by atoms with van der Waals surface area (Å²) in [5, 5.41) is 5.15. The summed E-state index contributed by atoms with van der Waals surface area (Å²) in [6, 6.07) is 63.9. The predicted molar refractivity (Wildman–Crippen MR) is 222 cm³/mol. The highest BCUT2D eigenvalue weighted by atomic mass is 15.1. The molecule has 12 rings (SSSR count). The molecule has 0 aliphatic heterocycles. The monoisotopic (exact) mass is 674 g/mol. The fourth-order valence-corrected chi connectivity index (χ4v) is 10.4. The van der Waals surface area contributed by atoms with Crippen molar-refractivity contribution in [2.75, 3.05) is 4.90 Å². The van der Waals surface area contributed by atoms with Crippen LogP contribution < -0.4 is 4.90 Å². The van der Waals surface area contributed by atoms with E-state index in [2.05, 4.69) is 193 Å². The van der Waals surface area contributed by atoms with E-state index in [1.54, 1.807) is 0 Å². The van der Waals surface area contributed by atoms with Gasteiger partial charge in [-0.25, -0.2) is 0 Å². The van der Waals surface area contributed by atoms with Crippen LogP contribution in [0.3, 0.4) is 0 Å². The molecule has 2 nitrogen and oxygen atoms in total. The number of para-hydroxylation sites is 3. The van der Waals surface area contributed by atoms with Crippen molar-refractivity contribution < 1.29 is 0 Å². The first-order valence-electron chi connectivity index (χ1n) is 18.6. The minimum absolute atomic E-state index is 0.482. The number of aryl methyl sites for hydroxylation is 2. The molecule has 0 unspecified atom stereocenters. The lowest BCUT2D eigenvalue weighted by atomic mass is 9.70. The maximum Gasteiger partial charge on any atom is 0.0727 e. The molecule has 53 heavy (non-hydrogen) atoms. The Hall–Kier alpha value is -6.64. The molecule has 2 aromatic heterocycles. The fourth-order valence-electron chi connectivity index (χ4n) is 10.4. The lowest BCUT2D eigenvalue weighted by Crippen LogP contribution is -2.26. The number of anilines is 3. The van der Waals surface area contributed by atoms with Gasteiger partial charge in [-0.3, -0.25) is 0 Å². The zero-order valence-electron chi connectivity index (χ0n) is 29.6. The molecule has 2 heteroatoms. The second-order valence-electron chi connectivity index (χ2n) is 15.0. The minimum Gasteiger partial charge on any atom is -0.310 e. The number of nitrogens with zero attached hydrogens (tertiary/aromatic N) is 2. The Labute approximate surface area is 308 Å². The van der Waals surface area contributed by atoms with E-state index in [4.69, 9.17) is 0 Å². The van der Waals surface area contributed by atoms with Crippen LogP contribution in [0.4, 0.5) is 17.1 Å². The van der Waals surface area contributed by atoms with Crippen molar-refractivity contribution in [3.8, 4) is 22.3 Å². The molecule has 10 aromatic rings. The molecule has 0 amide bonds. The molecule has 0 atom stereocenters. The van der Waals surface area contributed by atoms with Crippen LogP contribution in [0, 0.1) is 13.8 Å². The molecule has 0 fully saturated rings. The van der Waals surface area contributed by atoms with Crippen LogP contribution in [0.25, 0.3) is 60.3 Å². The van der Waals surface area contributed by atoms with Gasteiger partial charge < -0.3 is 9.30 Å². The van der Waals surface area contributed by atoms with Gasteiger partial charge in [-0.2, -0.15) is 0 Å². The molecule has 1 spiro atoms. The summed E-state index contributed by atoms with van der Waals surface area (Å²) < 4.78 is 2.60. The van der Waals surface area contributed by atoms with E-state index in [9.17, 15) is 0 Å². The molecule has 2 heterocycles. The van der Waals surface area contributed by atoms with Gasteiger partial charge in [0.15, 0.2) is 0 Å². The molecule has 0 radical (unpaired) electrons. The first kappa shape index (κ1) is 29.0. The number of fused-ring (bicyclic) bond motifs is 17. The maximum atomic E-state index is 2.60. The van der Waals surface area contributed by atoms with Gasteiger partial charge >= 0.3 is 0 Å². The van der Waals surface area contributed by atoms with E-state index in [0.29, 0.717) is 0 Å². The smallest absolute Gasteiger partial charge is 0.0727 e. The Morgan fingerprint density at radius 3 is 1.72 bits per heavy atom. The van der Waals surface area contributed by atoms with Crippen molar-refractivity contribution in [3.05, 3.63) is 203 Å². The van der Waals surface area contributed by atoms with E-state index in [-0.39, 0.29) is 0 Å². The summed E-state index contributed by atoms with van der Waals surface area (Å²) in [6.45, 7) is 4.42. The summed E-state index contributed by atoms with van der Waals surface area (Å²) in [5.41, 5.74) is 20.0. The van der Waals surface area contributed by atoms with E-state index < -0.39 is 5.41 Å². The zero-order valence-corrected chi connectivity index (χ0v) is 29.6. The molecule has 0 saturated carbocycles. The summed E-state index contributed by atoms with van der Waals surface area (Å²) in [4.78, 5) is 2.52. The second-order valence-corrected chi connectivity index (χ2v) is 15.0. The summed E-state index contributed by atoms with van der Waals surface area (Å²) in [5.74, 6) is 0. The molecular formula is C51H34N2. The average molecular weight is 675 g/mol. The van der Waals surface area contributed by atoms with Crippen molar-refractivity contribution >= 4 is 55.2 Å². The van der Waals surface area contributed by atoms with E-state index in [1.807, 2.05) is 0 Å². The van der Waals surface area contributed by atoms with Crippen LogP contribution >= 0.6 is 0 Å². The highest BCUT2D eigenvalue weighted by molar-refractivity contribution is 6.29. The van der Waals surface area contributed by atoms with Gasteiger partial charge in [0.25, 0.3) is 0 Å². The SMILES string of the molecule is Cc1cc(C)cc(N(c2ccccc2)c2cc3c(c4c2c2cccc5c6ccccc6n4c52)-c2ccccc2C32c3ccccc3-c3ccccc32)c1. The predicted octanol–water partition coefficient (Wildman–Crippen LogP) is 13.3. The third kappa shape index (κ3) is 3.53. The quantitative estimate of drug-likeness (QED) is 0.181. The molecule has 0 saturated heterocycles. The third-order valence-electron chi connectivity index (χ3n) is 12.1. The molecule has 8 aromatic carbocycles. The molecule has 248 valence electrons. The van der Waals surface area contributed by atoms with Gasteiger partial charge in [0.1, 0.15) is 0 Å². The van der Waals surface area contributed by atoms with Crippen LogP contribution in [0.2, 0.25) is 0 Å². The molecule has 0 bridgehead atoms. The minimum atomic E-state index is -0.482. The number of rotatable bonds is 3. The normalized spacial score (nSPS) is 13.6. The lowest BCUT2D eigenvalue weighted by Gasteiger charge is -2.33. The lowest BCUT2D eigenvalue weighted by molar-refractivity contribution is 0.794. The van der Waals surface area contributed by atoms with Gasteiger partial charge in [-0.05, 0) is 100 Å². The van der Waals surface area contributed by atoms with E-state index >= 15 is 0 Å². The van der Waals surface area contributed by atoms with Crippen LogP contribution in [0.5, 0.6) is 0 Å². The Kier molecular flexibility index (Phi) is 5.60. The zero-order chi connectivity index (χ0) is 35.0. The van der Waals surface area contributed by atoms with E-state index in [1.165, 1.54) is 105 Å². The van der Waals surface area contributed by atoms with Gasteiger partial charge in [0, 0.05) is 38.5 Å². The summed E-state index contributed by atoms with van der Waals surface area (Å²) in [7, 11) is 0. The first-order valence-corrected chi connectivity index (χ1v) is 18.6. The van der Waals surface area contributed by atoms with Crippen LogP contribution in [-0.2, 0) is 5.41 Å². The third-order valence-corrected chi connectivity index (χ3v) is 12.1. The topological polar surface area (TPSA) is 7.65 Å². The standard InChI is InChI=1S/C51H34N2/c1-31-27-32(2)29-34(28-31)52(33-15-4-3-5-16-33)46-30-44-47(50-48(46)40-22-14-21-38-37-19-9-13-26-45(37)53(50)49(38)40)39-20-8-12-25-43(39)51(44)41-23-10-6-17-35(41)36-18-7-11-24-42(36)51/h3-30H,1-2H3. The Morgan fingerprint density at radius 2 is 1.00 bits per heavy atom. The molecular weight excluding hydrogens is 641 g/mol. The van der Waals surface area contributed by atoms with Crippen LogP contribution in [-0.4, -0.2) is 4.40 Å². The molecule has 2 aliphatic carbocycles. The highest BCUT2D eigenvalue weighted by Crippen LogP contribution is 2.65. The van der Waals surface area contributed by atoms with Crippen LogP contribution in [0.1, 0.15) is 33.4 Å². The highest BCUT2D eigenvalue weighted by Gasteiger charge is 2.53. The van der Waals surface area contributed by atoms with Gasteiger partial charge in [0.2, 0.25) is 0 Å². The van der Waals surface area contributed by atoms with Gasteiger partial charge in [-0.15, -0.1) is 0 Å². The van der Waals surface area contributed by atoms with Crippen molar-refractivity contribution in [2.24, 2.45) is 0 Å². The number of hydrogen-bond donors (Lipinski definition) is 0. The number of aromatic nitrogens is 1. The Balaban J connectivity index is 1.37. The Morgan fingerprint density at radius 1 is 0.434 bits per heavy atom. The van der Waals surface area contributed by atoms with Crippen molar-refractivity contribution in [2.45, 2.75) is 19.3 Å². The maximum absolute atomic E-state index is 2.60. The summed E-state index contributed by atoms with van der Waals surface area (Å²) in [6.07, 6.45) is 0. The average Bonchev–Trinajstić information content (AvgIpc) is 3.90. The Bertz CT molecular complexity index is 3080. The number of hydrogen-bond acceptors (Lipinski definition) is 1. The fraction of sp³-hybridized carbons (Fsp3) is 0.0588. The van der Waals surface area contributed by atoms with E-state index in [0.717, 1.165) is 5.69 Å². The second kappa shape index (κ2) is 10.2. The van der Waals surface area contributed by atoms with Crippen molar-refractivity contribution in [1.82, 2.24) is 4.40 Å². The molecule has 2 aliphatic rings. The van der Waals surface area contributed by atoms with Crippen LogP contribution in [0.15, 0.2) is 170 Å². The van der Waals surface area contributed by atoms with Crippen molar-refractivity contribution in [1.29, 1.82) is 0 Å². The largest absolute Gasteiger partial charge is 0.310 e. The van der Waals surface area contributed by atoms with Gasteiger partial charge in [-0.1, -0.05) is 133 Å². The first-order chi connectivity index (χ1) is 26.1. The summed E-state index contributed by atoms with van der Waals surface area (Å²) >= 11 is 0. The van der Waals surface area contributed by atoms with Gasteiger partial charge in [0.05, 0.1) is 27.7 Å². The molecule has 0 N–H and O–H groups in total.